The minimum absolute atomic E-state index is 0.139. The van der Waals surface area contributed by atoms with E-state index in [9.17, 15) is 14.4 Å². The molecule has 1 aromatic heterocycles. The van der Waals surface area contributed by atoms with Crippen molar-refractivity contribution < 1.29 is 23.5 Å². The standard InChI is InChI=1S/C21H23BrN2O5/c1-2-28-20(27)21(11-3-4-12-21)24-18(25)13-14-5-7-15(8-6-14)23-19(26)16-9-10-17(22)29-16/h5-10H,2-4,11-13H2,1H3,(H,23,26)(H,24,25). The maximum absolute atomic E-state index is 12.5. The minimum Gasteiger partial charge on any atom is -0.464 e. The van der Waals surface area contributed by atoms with Gasteiger partial charge in [0.25, 0.3) is 5.91 Å². The molecule has 1 aromatic carbocycles. The zero-order valence-corrected chi connectivity index (χ0v) is 17.7. The Labute approximate surface area is 177 Å². The maximum Gasteiger partial charge on any atom is 0.331 e. The molecular weight excluding hydrogens is 440 g/mol. The van der Waals surface area contributed by atoms with E-state index in [0.29, 0.717) is 29.8 Å². The molecule has 2 N–H and O–H groups in total. The van der Waals surface area contributed by atoms with Gasteiger partial charge in [-0.1, -0.05) is 25.0 Å². The highest BCUT2D eigenvalue weighted by atomic mass is 79.9. The van der Waals surface area contributed by atoms with Crippen molar-refractivity contribution in [3.63, 3.8) is 0 Å². The first kappa shape index (κ1) is 21.1. The predicted molar refractivity (Wildman–Crippen MR) is 110 cm³/mol. The Morgan fingerprint density at radius 1 is 1.10 bits per heavy atom. The van der Waals surface area contributed by atoms with Crippen molar-refractivity contribution >= 4 is 39.4 Å². The normalized spacial score (nSPS) is 15.0. The molecule has 0 radical (unpaired) electrons. The van der Waals surface area contributed by atoms with E-state index in [4.69, 9.17) is 9.15 Å². The summed E-state index contributed by atoms with van der Waals surface area (Å²) in [6, 6.07) is 10.2. The van der Waals surface area contributed by atoms with Crippen molar-refractivity contribution in [2.75, 3.05) is 11.9 Å². The molecule has 1 aliphatic rings. The summed E-state index contributed by atoms with van der Waals surface area (Å²) in [5.41, 5.74) is 0.460. The summed E-state index contributed by atoms with van der Waals surface area (Å²) in [6.45, 7) is 2.05. The number of carbonyl (C=O) groups is 3. The number of benzene rings is 1. The Hall–Kier alpha value is -2.61. The highest BCUT2D eigenvalue weighted by Crippen LogP contribution is 2.31. The molecular formula is C21H23BrN2O5. The molecule has 0 saturated heterocycles. The van der Waals surface area contributed by atoms with E-state index >= 15 is 0 Å². The van der Waals surface area contributed by atoms with Crippen molar-refractivity contribution in [3.05, 3.63) is 52.4 Å². The van der Waals surface area contributed by atoms with Crippen molar-refractivity contribution in [2.45, 2.75) is 44.6 Å². The van der Waals surface area contributed by atoms with Crippen LogP contribution in [0.5, 0.6) is 0 Å². The number of halogens is 1. The Bertz CT molecular complexity index is 885. The monoisotopic (exact) mass is 462 g/mol. The third-order valence-corrected chi connectivity index (χ3v) is 5.30. The highest BCUT2D eigenvalue weighted by Gasteiger charge is 2.43. The summed E-state index contributed by atoms with van der Waals surface area (Å²) in [7, 11) is 0. The number of anilines is 1. The lowest BCUT2D eigenvalue weighted by atomic mass is 9.97. The largest absolute Gasteiger partial charge is 0.464 e. The van der Waals surface area contributed by atoms with Crippen LogP contribution in [0.25, 0.3) is 0 Å². The lowest BCUT2D eigenvalue weighted by Crippen LogP contribution is -2.53. The van der Waals surface area contributed by atoms with E-state index in [1.54, 1.807) is 43.3 Å². The zero-order chi connectivity index (χ0) is 20.9. The highest BCUT2D eigenvalue weighted by molar-refractivity contribution is 9.10. The number of amides is 2. The van der Waals surface area contributed by atoms with Crippen LogP contribution in [-0.4, -0.2) is 29.9 Å². The molecule has 3 rings (SSSR count). The SMILES string of the molecule is CCOC(=O)C1(NC(=O)Cc2ccc(NC(=O)c3ccc(Br)o3)cc2)CCCC1. The van der Waals surface area contributed by atoms with Crippen molar-refractivity contribution in [3.8, 4) is 0 Å². The fraction of sp³-hybridized carbons (Fsp3) is 0.381. The number of hydrogen-bond donors (Lipinski definition) is 2. The molecule has 2 aromatic rings. The lowest BCUT2D eigenvalue weighted by Gasteiger charge is -2.27. The molecule has 0 bridgehead atoms. The van der Waals surface area contributed by atoms with E-state index < -0.39 is 5.54 Å². The van der Waals surface area contributed by atoms with E-state index in [0.717, 1.165) is 18.4 Å². The summed E-state index contributed by atoms with van der Waals surface area (Å²) in [4.78, 5) is 37.0. The number of rotatable bonds is 7. The Balaban J connectivity index is 1.58. The number of carbonyl (C=O) groups excluding carboxylic acids is 3. The van der Waals surface area contributed by atoms with Crippen LogP contribution in [0.1, 0.15) is 48.7 Å². The van der Waals surface area contributed by atoms with E-state index in [1.807, 2.05) is 0 Å². The second-order valence-corrected chi connectivity index (χ2v) is 7.77. The van der Waals surface area contributed by atoms with Gasteiger partial charge in [0.1, 0.15) is 5.54 Å². The quantitative estimate of drug-likeness (QED) is 0.609. The van der Waals surface area contributed by atoms with Gasteiger partial charge in [0.05, 0.1) is 13.0 Å². The van der Waals surface area contributed by atoms with Crippen molar-refractivity contribution in [2.24, 2.45) is 0 Å². The van der Waals surface area contributed by atoms with E-state index in [-0.39, 0.29) is 30.0 Å². The van der Waals surface area contributed by atoms with Gasteiger partial charge < -0.3 is 19.8 Å². The summed E-state index contributed by atoms with van der Waals surface area (Å²) < 4.78 is 10.9. The van der Waals surface area contributed by atoms with Crippen LogP contribution in [0.4, 0.5) is 5.69 Å². The number of hydrogen-bond acceptors (Lipinski definition) is 5. The smallest absolute Gasteiger partial charge is 0.331 e. The molecule has 7 nitrogen and oxygen atoms in total. The van der Waals surface area contributed by atoms with Crippen molar-refractivity contribution in [1.29, 1.82) is 0 Å². The third-order valence-electron chi connectivity index (χ3n) is 4.88. The lowest BCUT2D eigenvalue weighted by molar-refractivity contribution is -0.153. The summed E-state index contributed by atoms with van der Waals surface area (Å²) in [5.74, 6) is -0.745. The number of esters is 1. The molecule has 2 amide bonds. The summed E-state index contributed by atoms with van der Waals surface area (Å²) in [5, 5.41) is 5.63. The second kappa shape index (κ2) is 9.26. The molecule has 0 unspecified atom stereocenters. The fourth-order valence-corrected chi connectivity index (χ4v) is 3.77. The topological polar surface area (TPSA) is 97.6 Å². The minimum atomic E-state index is -0.904. The van der Waals surface area contributed by atoms with Crippen LogP contribution >= 0.6 is 15.9 Å². The predicted octanol–water partition coefficient (Wildman–Crippen LogP) is 3.83. The van der Waals surface area contributed by atoms with Crippen LogP contribution in [0, 0.1) is 0 Å². The molecule has 1 aliphatic carbocycles. The van der Waals surface area contributed by atoms with Crippen LogP contribution in [0.15, 0.2) is 45.5 Å². The molecule has 8 heteroatoms. The third kappa shape index (κ3) is 5.26. The molecule has 1 heterocycles. The molecule has 29 heavy (non-hydrogen) atoms. The molecule has 0 atom stereocenters. The van der Waals surface area contributed by atoms with Gasteiger partial charge in [0, 0.05) is 5.69 Å². The van der Waals surface area contributed by atoms with Crippen LogP contribution < -0.4 is 10.6 Å². The second-order valence-electron chi connectivity index (χ2n) is 6.99. The van der Waals surface area contributed by atoms with E-state index in [2.05, 4.69) is 26.6 Å². The van der Waals surface area contributed by atoms with Gasteiger partial charge in [0.2, 0.25) is 5.91 Å². The van der Waals surface area contributed by atoms with Crippen LogP contribution in [-0.2, 0) is 20.7 Å². The van der Waals surface area contributed by atoms with Gasteiger partial charge >= 0.3 is 5.97 Å². The molecule has 0 aliphatic heterocycles. The van der Waals surface area contributed by atoms with Gasteiger partial charge in [-0.25, -0.2) is 4.79 Å². The van der Waals surface area contributed by atoms with Gasteiger partial charge in [0.15, 0.2) is 10.4 Å². The Morgan fingerprint density at radius 3 is 2.38 bits per heavy atom. The van der Waals surface area contributed by atoms with Crippen molar-refractivity contribution in [1.82, 2.24) is 5.32 Å². The van der Waals surface area contributed by atoms with Gasteiger partial charge in [-0.3, -0.25) is 9.59 Å². The van der Waals surface area contributed by atoms with Gasteiger partial charge in [-0.05, 0) is 65.5 Å². The van der Waals surface area contributed by atoms with E-state index in [1.165, 1.54) is 0 Å². The first-order valence-electron chi connectivity index (χ1n) is 9.56. The average Bonchev–Trinajstić information content (AvgIpc) is 3.33. The summed E-state index contributed by atoms with van der Waals surface area (Å²) >= 11 is 3.16. The summed E-state index contributed by atoms with van der Waals surface area (Å²) in [6.07, 6.45) is 3.12. The molecule has 1 fully saturated rings. The maximum atomic E-state index is 12.5. The first-order valence-corrected chi connectivity index (χ1v) is 10.3. The van der Waals surface area contributed by atoms with Crippen LogP contribution in [0.3, 0.4) is 0 Å². The number of nitrogens with one attached hydrogen (secondary N) is 2. The van der Waals surface area contributed by atoms with Gasteiger partial charge in [-0.15, -0.1) is 0 Å². The molecule has 154 valence electrons. The Morgan fingerprint density at radius 2 is 1.79 bits per heavy atom. The molecule has 1 saturated carbocycles. The fourth-order valence-electron chi connectivity index (χ4n) is 3.46. The molecule has 0 spiro atoms. The first-order chi connectivity index (χ1) is 13.9. The van der Waals surface area contributed by atoms with Gasteiger partial charge in [-0.2, -0.15) is 0 Å². The van der Waals surface area contributed by atoms with Crippen LogP contribution in [0.2, 0.25) is 0 Å². The average molecular weight is 463 g/mol. The Kier molecular flexibility index (Phi) is 6.74. The number of ether oxygens (including phenoxy) is 1. The zero-order valence-electron chi connectivity index (χ0n) is 16.1. The number of furan rings is 1.